The van der Waals surface area contributed by atoms with Gasteiger partial charge in [-0.25, -0.2) is 4.98 Å². The molecule has 0 saturated carbocycles. The van der Waals surface area contributed by atoms with Crippen LogP contribution in [0.5, 0.6) is 5.75 Å². The van der Waals surface area contributed by atoms with Crippen molar-refractivity contribution < 1.29 is 19.1 Å². The van der Waals surface area contributed by atoms with Gasteiger partial charge in [-0.2, -0.15) is 0 Å². The molecule has 1 N–H and O–H groups in total. The number of halogens is 2. The highest BCUT2D eigenvalue weighted by atomic mass is 35.5. The molecule has 3 aromatic rings. The van der Waals surface area contributed by atoms with Crippen molar-refractivity contribution in [3.05, 3.63) is 56.8 Å². The average molecular weight is 492 g/mol. The number of carbonyl (C=O) groups is 2. The lowest BCUT2D eigenvalue weighted by Gasteiger charge is -2.29. The number of rotatable bonds is 7. The number of hydrogen-bond acceptors (Lipinski definition) is 6. The number of hydrogen-bond donors (Lipinski definition) is 1. The topological polar surface area (TPSA) is 80.8 Å². The van der Waals surface area contributed by atoms with E-state index in [0.717, 1.165) is 22.7 Å². The molecule has 4 rings (SSSR count). The molecular formula is C22H19Cl2N3O4S. The molecule has 0 bridgehead atoms. The lowest BCUT2D eigenvalue weighted by Crippen LogP contribution is -2.43. The molecule has 0 unspecified atom stereocenters. The number of fused-ring (bicyclic) bond motifs is 1. The Morgan fingerprint density at radius 1 is 1.31 bits per heavy atom. The van der Waals surface area contributed by atoms with Crippen LogP contribution in [0.15, 0.2) is 41.8 Å². The Hall–Kier alpha value is -2.65. The monoisotopic (exact) mass is 491 g/mol. The summed E-state index contributed by atoms with van der Waals surface area (Å²) in [4.78, 5) is 31.3. The van der Waals surface area contributed by atoms with Crippen LogP contribution in [0.2, 0.25) is 10.0 Å². The first-order chi connectivity index (χ1) is 15.5. The second-order valence-electron chi connectivity index (χ2n) is 6.97. The van der Waals surface area contributed by atoms with Gasteiger partial charge in [0.15, 0.2) is 6.61 Å². The largest absolute Gasteiger partial charge is 0.482 e. The molecule has 1 aliphatic heterocycles. The number of ether oxygens (including phenoxy) is 2. The van der Waals surface area contributed by atoms with Crippen LogP contribution in [0, 0.1) is 0 Å². The van der Waals surface area contributed by atoms with E-state index in [-0.39, 0.29) is 24.1 Å². The van der Waals surface area contributed by atoms with Crippen LogP contribution in [-0.4, -0.2) is 43.7 Å². The summed E-state index contributed by atoms with van der Waals surface area (Å²) in [6.45, 7) is 0.256. The highest BCUT2D eigenvalue weighted by Crippen LogP contribution is 2.36. The summed E-state index contributed by atoms with van der Waals surface area (Å²) in [6.07, 6.45) is 0.728. The number of nitrogens with zero attached hydrogens (tertiary/aromatic N) is 2. The fourth-order valence-electron chi connectivity index (χ4n) is 3.22. The minimum atomic E-state index is -0.406. The van der Waals surface area contributed by atoms with Gasteiger partial charge in [-0.05, 0) is 30.3 Å². The second kappa shape index (κ2) is 9.87. The lowest BCUT2D eigenvalue weighted by atomic mass is 10.1. The van der Waals surface area contributed by atoms with Gasteiger partial charge in [-0.3, -0.25) is 14.5 Å². The predicted octanol–water partition coefficient (Wildman–Crippen LogP) is 4.67. The van der Waals surface area contributed by atoms with Crippen LogP contribution in [-0.2, 0) is 20.7 Å². The number of methoxy groups -OCH3 is 1. The van der Waals surface area contributed by atoms with Crippen molar-refractivity contribution in [3.8, 4) is 17.0 Å². The molecule has 1 aromatic heterocycles. The summed E-state index contributed by atoms with van der Waals surface area (Å²) >= 11 is 13.7. The Bertz CT molecular complexity index is 1170. The summed E-state index contributed by atoms with van der Waals surface area (Å²) in [6, 6.07) is 10.4. The van der Waals surface area contributed by atoms with Gasteiger partial charge in [-0.1, -0.05) is 29.3 Å². The lowest BCUT2D eigenvalue weighted by molar-refractivity contribution is -0.123. The number of benzene rings is 2. The third kappa shape index (κ3) is 4.88. The zero-order chi connectivity index (χ0) is 22.7. The van der Waals surface area contributed by atoms with Gasteiger partial charge in [0.1, 0.15) is 12.3 Å². The molecule has 2 aromatic carbocycles. The fraction of sp³-hybridized carbons (Fsp3) is 0.227. The second-order valence-corrected chi connectivity index (χ2v) is 8.70. The number of amides is 2. The molecule has 2 amide bonds. The van der Waals surface area contributed by atoms with E-state index in [2.05, 4.69) is 10.3 Å². The van der Waals surface area contributed by atoms with Crippen LogP contribution in [0.3, 0.4) is 0 Å². The van der Waals surface area contributed by atoms with E-state index in [1.807, 2.05) is 11.4 Å². The van der Waals surface area contributed by atoms with Crippen molar-refractivity contribution >= 4 is 57.7 Å². The first-order valence-corrected chi connectivity index (χ1v) is 11.3. The Morgan fingerprint density at radius 2 is 2.16 bits per heavy atom. The maximum Gasteiger partial charge on any atom is 0.265 e. The first-order valence-electron chi connectivity index (χ1n) is 9.71. The van der Waals surface area contributed by atoms with Crippen LogP contribution in [0.25, 0.3) is 11.3 Å². The van der Waals surface area contributed by atoms with Gasteiger partial charge in [0.2, 0.25) is 5.91 Å². The Kier molecular flexibility index (Phi) is 6.95. The van der Waals surface area contributed by atoms with Crippen molar-refractivity contribution in [2.75, 3.05) is 37.1 Å². The zero-order valence-electron chi connectivity index (χ0n) is 17.1. The van der Waals surface area contributed by atoms with Gasteiger partial charge >= 0.3 is 0 Å². The molecule has 10 heteroatoms. The highest BCUT2D eigenvalue weighted by Gasteiger charge is 2.28. The number of anilines is 2. The molecule has 7 nitrogen and oxygen atoms in total. The third-order valence-electron chi connectivity index (χ3n) is 4.80. The van der Waals surface area contributed by atoms with Crippen LogP contribution < -0.4 is 15.0 Å². The SMILES string of the molecule is COCCc1nc(-c2ccc3c(c2)N(CC(=O)Nc2cccc(Cl)c2Cl)C(=O)CO3)cs1. The van der Waals surface area contributed by atoms with E-state index in [0.29, 0.717) is 28.8 Å². The molecule has 0 spiro atoms. The molecule has 32 heavy (non-hydrogen) atoms. The molecule has 0 saturated heterocycles. The van der Waals surface area contributed by atoms with Crippen LogP contribution in [0.4, 0.5) is 11.4 Å². The van der Waals surface area contributed by atoms with Crippen LogP contribution in [0.1, 0.15) is 5.01 Å². The summed E-state index contributed by atoms with van der Waals surface area (Å²) in [7, 11) is 1.65. The molecule has 166 valence electrons. The number of carbonyl (C=O) groups excluding carboxylic acids is 2. The Morgan fingerprint density at radius 3 is 2.97 bits per heavy atom. The first kappa shape index (κ1) is 22.5. The quantitative estimate of drug-likeness (QED) is 0.519. The summed E-state index contributed by atoms with van der Waals surface area (Å²) in [5, 5.41) is 6.19. The maximum absolute atomic E-state index is 12.7. The summed E-state index contributed by atoms with van der Waals surface area (Å²) in [5.41, 5.74) is 2.50. The number of aromatic nitrogens is 1. The standard InChI is InChI=1S/C22H19Cl2N3O4S/c1-30-8-7-20-26-16(12-32-20)13-5-6-18-17(9-13)27(21(29)11-31-18)10-19(28)25-15-4-2-3-14(23)22(15)24/h2-6,9,12H,7-8,10-11H2,1H3,(H,25,28). The molecule has 0 fully saturated rings. The van der Waals surface area contributed by atoms with Crippen LogP contribution >= 0.6 is 34.5 Å². The van der Waals surface area contributed by atoms with E-state index in [9.17, 15) is 9.59 Å². The minimum absolute atomic E-state index is 0.143. The van der Waals surface area contributed by atoms with E-state index < -0.39 is 5.91 Å². The van der Waals surface area contributed by atoms with Crippen molar-refractivity contribution in [1.82, 2.24) is 4.98 Å². The Balaban J connectivity index is 1.56. The highest BCUT2D eigenvalue weighted by molar-refractivity contribution is 7.09. The van der Waals surface area contributed by atoms with Gasteiger partial charge in [0, 0.05) is 24.5 Å². The van der Waals surface area contributed by atoms with Gasteiger partial charge in [-0.15, -0.1) is 11.3 Å². The smallest absolute Gasteiger partial charge is 0.265 e. The molecule has 1 aliphatic rings. The number of nitrogens with one attached hydrogen (secondary N) is 1. The average Bonchev–Trinajstić information content (AvgIpc) is 3.26. The molecule has 2 heterocycles. The van der Waals surface area contributed by atoms with E-state index in [4.69, 9.17) is 32.7 Å². The van der Waals surface area contributed by atoms with Crippen molar-refractivity contribution in [3.63, 3.8) is 0 Å². The maximum atomic E-state index is 12.7. The van der Waals surface area contributed by atoms with Gasteiger partial charge in [0.05, 0.1) is 38.7 Å². The Labute approximate surface area is 198 Å². The zero-order valence-corrected chi connectivity index (χ0v) is 19.4. The molecule has 0 atom stereocenters. The molecule has 0 radical (unpaired) electrons. The van der Waals surface area contributed by atoms with Crippen molar-refractivity contribution in [1.29, 1.82) is 0 Å². The molecule has 0 aliphatic carbocycles. The summed E-state index contributed by atoms with van der Waals surface area (Å²) in [5.74, 6) is -0.200. The van der Waals surface area contributed by atoms with Gasteiger partial charge in [0.25, 0.3) is 5.91 Å². The van der Waals surface area contributed by atoms with Crippen molar-refractivity contribution in [2.24, 2.45) is 0 Å². The minimum Gasteiger partial charge on any atom is -0.482 e. The number of thiazole rings is 1. The van der Waals surface area contributed by atoms with E-state index in [1.54, 1.807) is 48.8 Å². The fourth-order valence-corrected chi connectivity index (χ4v) is 4.35. The molecular weight excluding hydrogens is 473 g/mol. The van der Waals surface area contributed by atoms with Gasteiger partial charge < -0.3 is 14.8 Å². The normalized spacial score (nSPS) is 13.0. The summed E-state index contributed by atoms with van der Waals surface area (Å²) < 4.78 is 10.7. The third-order valence-corrected chi connectivity index (χ3v) is 6.52. The van der Waals surface area contributed by atoms with E-state index in [1.165, 1.54) is 4.90 Å². The van der Waals surface area contributed by atoms with Crippen molar-refractivity contribution in [2.45, 2.75) is 6.42 Å². The predicted molar refractivity (Wildman–Crippen MR) is 126 cm³/mol. The van der Waals surface area contributed by atoms with E-state index >= 15 is 0 Å².